The van der Waals surface area contributed by atoms with Gasteiger partial charge in [0.15, 0.2) is 0 Å². The standard InChI is InChI=1S/C15H16N4O3/c1-16-15(20)17-8-12-6-10-2-3-13(7-14(10)18-12)21-9-11-4-5-22-19-11/h2-7,18H,8-9H2,1H3,(H2,16,17,20). The summed E-state index contributed by atoms with van der Waals surface area (Å²) in [5.41, 5.74) is 2.61. The van der Waals surface area contributed by atoms with Gasteiger partial charge in [-0.1, -0.05) is 5.16 Å². The predicted molar refractivity (Wildman–Crippen MR) is 80.4 cm³/mol. The summed E-state index contributed by atoms with van der Waals surface area (Å²) in [6.07, 6.45) is 1.51. The molecule has 3 aromatic rings. The fourth-order valence-electron chi connectivity index (χ4n) is 2.08. The van der Waals surface area contributed by atoms with Crippen molar-refractivity contribution in [2.75, 3.05) is 7.05 Å². The number of rotatable bonds is 5. The van der Waals surface area contributed by atoms with Gasteiger partial charge in [0, 0.05) is 30.4 Å². The normalized spacial score (nSPS) is 10.6. The second-order valence-electron chi connectivity index (χ2n) is 4.76. The van der Waals surface area contributed by atoms with E-state index in [4.69, 9.17) is 9.26 Å². The molecule has 2 aromatic heterocycles. The molecule has 0 unspecified atom stereocenters. The number of nitrogens with zero attached hydrogens (tertiary/aromatic N) is 1. The molecule has 2 heterocycles. The third kappa shape index (κ3) is 3.20. The number of fused-ring (bicyclic) bond motifs is 1. The molecular weight excluding hydrogens is 284 g/mol. The van der Waals surface area contributed by atoms with Crippen LogP contribution >= 0.6 is 0 Å². The molecule has 0 bridgehead atoms. The molecule has 0 spiro atoms. The molecule has 0 aliphatic rings. The van der Waals surface area contributed by atoms with E-state index >= 15 is 0 Å². The SMILES string of the molecule is CNC(=O)NCc1cc2ccc(OCc3ccon3)cc2[nH]1. The summed E-state index contributed by atoms with van der Waals surface area (Å²) in [4.78, 5) is 14.4. The van der Waals surface area contributed by atoms with Crippen LogP contribution in [-0.2, 0) is 13.2 Å². The lowest BCUT2D eigenvalue weighted by Gasteiger charge is -2.03. The number of ether oxygens (including phenoxy) is 1. The van der Waals surface area contributed by atoms with Crippen molar-refractivity contribution in [3.63, 3.8) is 0 Å². The molecule has 0 saturated heterocycles. The summed E-state index contributed by atoms with van der Waals surface area (Å²) in [6, 6.07) is 9.32. The minimum absolute atomic E-state index is 0.213. The Morgan fingerprint density at radius 2 is 2.27 bits per heavy atom. The number of urea groups is 1. The Morgan fingerprint density at radius 3 is 3.05 bits per heavy atom. The van der Waals surface area contributed by atoms with Gasteiger partial charge in [-0.05, 0) is 23.6 Å². The second-order valence-corrected chi connectivity index (χ2v) is 4.76. The molecule has 0 aliphatic carbocycles. The first-order valence-corrected chi connectivity index (χ1v) is 6.84. The van der Waals surface area contributed by atoms with Crippen molar-refractivity contribution in [3.05, 3.63) is 48.0 Å². The van der Waals surface area contributed by atoms with Crippen molar-refractivity contribution >= 4 is 16.9 Å². The van der Waals surface area contributed by atoms with Gasteiger partial charge in [-0.2, -0.15) is 0 Å². The van der Waals surface area contributed by atoms with Gasteiger partial charge < -0.3 is 24.9 Å². The molecule has 7 nitrogen and oxygen atoms in total. The van der Waals surface area contributed by atoms with Crippen molar-refractivity contribution in [2.45, 2.75) is 13.2 Å². The lowest BCUT2D eigenvalue weighted by molar-refractivity contribution is 0.242. The van der Waals surface area contributed by atoms with Crippen LogP contribution < -0.4 is 15.4 Å². The Morgan fingerprint density at radius 1 is 1.36 bits per heavy atom. The lowest BCUT2D eigenvalue weighted by atomic mass is 10.2. The zero-order valence-corrected chi connectivity index (χ0v) is 12.1. The summed E-state index contributed by atoms with van der Waals surface area (Å²) in [7, 11) is 1.58. The van der Waals surface area contributed by atoms with E-state index in [0.717, 1.165) is 28.0 Å². The van der Waals surface area contributed by atoms with Gasteiger partial charge in [-0.3, -0.25) is 0 Å². The van der Waals surface area contributed by atoms with Crippen LogP contribution in [0.5, 0.6) is 5.75 Å². The van der Waals surface area contributed by atoms with Gasteiger partial charge in [0.1, 0.15) is 24.3 Å². The van der Waals surface area contributed by atoms with Crippen molar-refractivity contribution in [1.82, 2.24) is 20.8 Å². The first-order chi connectivity index (χ1) is 10.7. The first kappa shape index (κ1) is 14.0. The smallest absolute Gasteiger partial charge is 0.314 e. The highest BCUT2D eigenvalue weighted by Gasteiger charge is 2.05. The monoisotopic (exact) mass is 300 g/mol. The molecule has 7 heteroatoms. The Kier molecular flexibility index (Phi) is 3.95. The summed E-state index contributed by atoms with van der Waals surface area (Å²) >= 11 is 0. The van der Waals surface area contributed by atoms with E-state index in [1.807, 2.05) is 24.3 Å². The minimum atomic E-state index is -0.213. The molecule has 0 aliphatic heterocycles. The van der Waals surface area contributed by atoms with E-state index in [-0.39, 0.29) is 6.03 Å². The van der Waals surface area contributed by atoms with E-state index in [1.165, 1.54) is 6.26 Å². The van der Waals surface area contributed by atoms with Crippen LogP contribution in [0.4, 0.5) is 4.79 Å². The number of carbonyl (C=O) groups excluding carboxylic acids is 1. The topological polar surface area (TPSA) is 92.2 Å². The van der Waals surface area contributed by atoms with Crippen LogP contribution in [0, 0.1) is 0 Å². The van der Waals surface area contributed by atoms with Crippen molar-refractivity contribution < 1.29 is 14.1 Å². The molecule has 3 N–H and O–H groups in total. The Labute approximate surface area is 126 Å². The van der Waals surface area contributed by atoms with E-state index in [1.54, 1.807) is 13.1 Å². The molecule has 1 aromatic carbocycles. The maximum atomic E-state index is 11.2. The fourth-order valence-corrected chi connectivity index (χ4v) is 2.08. The number of hydrogen-bond acceptors (Lipinski definition) is 4. The molecule has 3 rings (SSSR count). The molecule has 0 radical (unpaired) electrons. The van der Waals surface area contributed by atoms with Crippen LogP contribution in [0.15, 0.2) is 41.1 Å². The van der Waals surface area contributed by atoms with Gasteiger partial charge in [0.05, 0.1) is 6.54 Å². The average molecular weight is 300 g/mol. The second kappa shape index (κ2) is 6.21. The molecular formula is C15H16N4O3. The van der Waals surface area contributed by atoms with E-state index in [2.05, 4.69) is 20.8 Å². The van der Waals surface area contributed by atoms with Crippen LogP contribution in [0.25, 0.3) is 10.9 Å². The number of carbonyl (C=O) groups is 1. The zero-order valence-electron chi connectivity index (χ0n) is 12.1. The number of H-pyrrole nitrogens is 1. The van der Waals surface area contributed by atoms with Crippen LogP contribution in [-0.4, -0.2) is 23.2 Å². The van der Waals surface area contributed by atoms with Crippen molar-refractivity contribution in [3.8, 4) is 5.75 Å². The number of amides is 2. The maximum absolute atomic E-state index is 11.2. The Hall–Kier alpha value is -2.96. The number of aromatic nitrogens is 2. The number of nitrogens with one attached hydrogen (secondary N) is 3. The fraction of sp³-hybridized carbons (Fsp3) is 0.200. The summed E-state index contributed by atoms with van der Waals surface area (Å²) in [5, 5.41) is 10.1. The van der Waals surface area contributed by atoms with Gasteiger partial charge >= 0.3 is 6.03 Å². The van der Waals surface area contributed by atoms with Crippen LogP contribution in [0.2, 0.25) is 0 Å². The largest absolute Gasteiger partial charge is 0.487 e. The predicted octanol–water partition coefficient (Wildman–Crippen LogP) is 2.16. The van der Waals surface area contributed by atoms with Gasteiger partial charge in [0.25, 0.3) is 0 Å². The third-order valence-electron chi connectivity index (χ3n) is 3.19. The molecule has 114 valence electrons. The van der Waals surface area contributed by atoms with Crippen LogP contribution in [0.3, 0.4) is 0 Å². The van der Waals surface area contributed by atoms with E-state index in [0.29, 0.717) is 13.2 Å². The van der Waals surface area contributed by atoms with E-state index < -0.39 is 0 Å². The minimum Gasteiger partial charge on any atom is -0.487 e. The number of aromatic amines is 1. The molecule has 0 saturated carbocycles. The maximum Gasteiger partial charge on any atom is 0.314 e. The molecule has 0 fully saturated rings. The highest BCUT2D eigenvalue weighted by atomic mass is 16.5. The lowest BCUT2D eigenvalue weighted by Crippen LogP contribution is -2.32. The number of benzene rings is 1. The quantitative estimate of drug-likeness (QED) is 0.673. The van der Waals surface area contributed by atoms with Gasteiger partial charge in [0.2, 0.25) is 0 Å². The van der Waals surface area contributed by atoms with E-state index in [9.17, 15) is 4.79 Å². The molecule has 22 heavy (non-hydrogen) atoms. The zero-order chi connectivity index (χ0) is 15.4. The summed E-state index contributed by atoms with van der Waals surface area (Å²) in [6.45, 7) is 0.789. The third-order valence-corrected chi connectivity index (χ3v) is 3.19. The van der Waals surface area contributed by atoms with Gasteiger partial charge in [-0.25, -0.2) is 4.79 Å². The van der Waals surface area contributed by atoms with Gasteiger partial charge in [-0.15, -0.1) is 0 Å². The average Bonchev–Trinajstić information content (AvgIpc) is 3.18. The summed E-state index contributed by atoms with van der Waals surface area (Å²) in [5.74, 6) is 0.739. The summed E-state index contributed by atoms with van der Waals surface area (Å²) < 4.78 is 10.4. The highest BCUT2D eigenvalue weighted by molar-refractivity contribution is 5.82. The molecule has 0 atom stereocenters. The highest BCUT2D eigenvalue weighted by Crippen LogP contribution is 2.22. The van der Waals surface area contributed by atoms with Crippen molar-refractivity contribution in [1.29, 1.82) is 0 Å². The molecule has 2 amide bonds. The Balaban J connectivity index is 1.68. The Bertz CT molecular complexity index is 764. The van der Waals surface area contributed by atoms with Crippen molar-refractivity contribution in [2.24, 2.45) is 0 Å². The first-order valence-electron chi connectivity index (χ1n) is 6.84. The number of hydrogen-bond donors (Lipinski definition) is 3. The van der Waals surface area contributed by atoms with Crippen LogP contribution in [0.1, 0.15) is 11.4 Å².